The number of ether oxygens (including phenoxy) is 3. The van der Waals surface area contributed by atoms with Gasteiger partial charge in [0.15, 0.2) is 0 Å². The van der Waals surface area contributed by atoms with Crippen molar-refractivity contribution in [2.24, 2.45) is 0 Å². The summed E-state index contributed by atoms with van der Waals surface area (Å²) < 4.78 is 16.8. The number of rotatable bonds is 3. The van der Waals surface area contributed by atoms with Crippen LogP contribution in [-0.2, 0) is 24.7 Å². The molecular formula is C13H15NO4. The van der Waals surface area contributed by atoms with E-state index >= 15 is 0 Å². The van der Waals surface area contributed by atoms with Crippen LogP contribution < -0.4 is 0 Å². The third-order valence-electron chi connectivity index (χ3n) is 3.79. The van der Waals surface area contributed by atoms with Crippen molar-refractivity contribution in [3.05, 3.63) is 35.9 Å². The van der Waals surface area contributed by atoms with Crippen molar-refractivity contribution in [2.45, 2.75) is 11.5 Å². The van der Waals surface area contributed by atoms with Crippen molar-refractivity contribution in [3.8, 4) is 0 Å². The highest BCUT2D eigenvalue weighted by Gasteiger charge is 2.73. The van der Waals surface area contributed by atoms with E-state index in [2.05, 4.69) is 0 Å². The second-order valence-electron chi connectivity index (χ2n) is 4.44. The van der Waals surface area contributed by atoms with Gasteiger partial charge in [0.2, 0.25) is 11.5 Å². The Balaban J connectivity index is 2.12. The number of benzene rings is 1. The molecule has 1 amide bonds. The number of hydrogen-bond donors (Lipinski definition) is 0. The molecule has 0 saturated carbocycles. The van der Waals surface area contributed by atoms with Crippen LogP contribution in [0.2, 0.25) is 0 Å². The van der Waals surface area contributed by atoms with Gasteiger partial charge in [-0.15, -0.1) is 0 Å². The molecule has 0 aromatic heterocycles. The van der Waals surface area contributed by atoms with E-state index in [0.717, 1.165) is 5.56 Å². The molecule has 96 valence electrons. The fourth-order valence-electron chi connectivity index (χ4n) is 2.85. The largest absolute Gasteiger partial charge is 0.347 e. The van der Waals surface area contributed by atoms with Crippen LogP contribution in [0.3, 0.4) is 0 Å². The van der Waals surface area contributed by atoms with Gasteiger partial charge in [0.1, 0.15) is 6.61 Å². The Kier molecular flexibility index (Phi) is 2.45. The van der Waals surface area contributed by atoms with Gasteiger partial charge < -0.3 is 14.2 Å². The lowest BCUT2D eigenvalue weighted by Gasteiger charge is -2.58. The summed E-state index contributed by atoms with van der Waals surface area (Å²) in [6, 6.07) is 9.56. The molecule has 2 heterocycles. The number of amides is 1. The first-order chi connectivity index (χ1) is 8.70. The van der Waals surface area contributed by atoms with Gasteiger partial charge in [-0.2, -0.15) is 0 Å². The molecule has 0 N–H and O–H groups in total. The number of carbonyl (C=O) groups excluding carboxylic acids is 1. The molecule has 0 bridgehead atoms. The Morgan fingerprint density at radius 2 is 1.89 bits per heavy atom. The summed E-state index contributed by atoms with van der Waals surface area (Å²) in [5.74, 6) is -0.968. The van der Waals surface area contributed by atoms with Crippen molar-refractivity contribution in [1.82, 2.24) is 4.90 Å². The summed E-state index contributed by atoms with van der Waals surface area (Å²) >= 11 is 0. The molecule has 2 aliphatic heterocycles. The Labute approximate surface area is 105 Å². The SMILES string of the molecule is COC1(OC)CN2C(=O)COC21c1ccccc1. The molecule has 2 aliphatic rings. The molecule has 5 nitrogen and oxygen atoms in total. The van der Waals surface area contributed by atoms with Crippen LogP contribution in [0.25, 0.3) is 0 Å². The third kappa shape index (κ3) is 1.14. The number of nitrogens with zero attached hydrogens (tertiary/aromatic N) is 1. The maximum absolute atomic E-state index is 11.8. The molecule has 0 spiro atoms. The van der Waals surface area contributed by atoms with E-state index in [1.807, 2.05) is 30.3 Å². The van der Waals surface area contributed by atoms with Gasteiger partial charge in [0.05, 0.1) is 6.54 Å². The van der Waals surface area contributed by atoms with E-state index in [0.29, 0.717) is 6.54 Å². The molecule has 1 aromatic carbocycles. The molecule has 1 unspecified atom stereocenters. The van der Waals surface area contributed by atoms with Crippen molar-refractivity contribution >= 4 is 5.91 Å². The van der Waals surface area contributed by atoms with Crippen LogP contribution in [-0.4, -0.2) is 44.0 Å². The van der Waals surface area contributed by atoms with Crippen molar-refractivity contribution in [2.75, 3.05) is 27.4 Å². The average Bonchev–Trinajstić information content (AvgIpc) is 2.66. The molecule has 1 aromatic rings. The Bertz CT molecular complexity index is 471. The molecule has 0 aliphatic carbocycles. The minimum absolute atomic E-state index is 0.0384. The summed E-state index contributed by atoms with van der Waals surface area (Å²) in [6.45, 7) is 0.442. The first-order valence-electron chi connectivity index (χ1n) is 5.80. The van der Waals surface area contributed by atoms with Gasteiger partial charge in [-0.1, -0.05) is 30.3 Å². The van der Waals surface area contributed by atoms with E-state index in [-0.39, 0.29) is 12.5 Å². The maximum Gasteiger partial charge on any atom is 0.251 e. The zero-order valence-electron chi connectivity index (χ0n) is 10.4. The van der Waals surface area contributed by atoms with Crippen LogP contribution in [0.4, 0.5) is 0 Å². The monoisotopic (exact) mass is 249 g/mol. The topological polar surface area (TPSA) is 48.0 Å². The smallest absolute Gasteiger partial charge is 0.251 e. The van der Waals surface area contributed by atoms with Crippen molar-refractivity contribution in [1.29, 1.82) is 0 Å². The zero-order valence-corrected chi connectivity index (χ0v) is 10.4. The molecule has 3 rings (SSSR count). The van der Waals surface area contributed by atoms with E-state index in [1.165, 1.54) is 0 Å². The summed E-state index contributed by atoms with van der Waals surface area (Å²) in [5, 5.41) is 0. The first-order valence-corrected chi connectivity index (χ1v) is 5.80. The molecule has 5 heteroatoms. The predicted molar refractivity (Wildman–Crippen MR) is 62.5 cm³/mol. The highest BCUT2D eigenvalue weighted by molar-refractivity contribution is 5.82. The molecular weight excluding hydrogens is 234 g/mol. The molecule has 0 radical (unpaired) electrons. The van der Waals surface area contributed by atoms with Crippen LogP contribution in [0.15, 0.2) is 30.3 Å². The van der Waals surface area contributed by atoms with Crippen LogP contribution in [0, 0.1) is 0 Å². The lowest BCUT2D eigenvalue weighted by atomic mass is 9.83. The van der Waals surface area contributed by atoms with Crippen LogP contribution in [0.1, 0.15) is 5.56 Å². The second-order valence-corrected chi connectivity index (χ2v) is 4.44. The standard InChI is InChI=1S/C13H15NO4/c1-16-12(17-2)9-14-11(15)8-18-13(12,14)10-6-4-3-5-7-10/h3-7H,8-9H2,1-2H3. The minimum atomic E-state index is -0.950. The van der Waals surface area contributed by atoms with E-state index in [9.17, 15) is 4.79 Å². The van der Waals surface area contributed by atoms with Gasteiger partial charge in [-0.05, 0) is 0 Å². The first kappa shape index (κ1) is 11.6. The van der Waals surface area contributed by atoms with Crippen LogP contribution in [0.5, 0.6) is 0 Å². The summed E-state index contributed by atoms with van der Waals surface area (Å²) in [5.41, 5.74) is -0.0831. The molecule has 2 fully saturated rings. The predicted octanol–water partition coefficient (Wildman–Crippen LogP) is 0.701. The highest BCUT2D eigenvalue weighted by Crippen LogP contribution is 2.54. The van der Waals surface area contributed by atoms with Crippen molar-refractivity contribution in [3.63, 3.8) is 0 Å². The highest BCUT2D eigenvalue weighted by atomic mass is 16.7. The molecule has 1 atom stereocenters. The second kappa shape index (κ2) is 3.78. The maximum atomic E-state index is 11.8. The van der Waals surface area contributed by atoms with E-state index in [1.54, 1.807) is 19.1 Å². The number of hydrogen-bond acceptors (Lipinski definition) is 4. The lowest BCUT2D eigenvalue weighted by Crippen LogP contribution is -2.77. The van der Waals surface area contributed by atoms with Gasteiger partial charge in [0.25, 0.3) is 5.91 Å². The Morgan fingerprint density at radius 3 is 2.44 bits per heavy atom. The summed E-state index contributed by atoms with van der Waals surface area (Å²) in [4.78, 5) is 13.5. The van der Waals surface area contributed by atoms with Gasteiger partial charge in [-0.25, -0.2) is 0 Å². The number of carbonyl (C=O) groups is 1. The number of methoxy groups -OCH3 is 2. The quantitative estimate of drug-likeness (QED) is 0.740. The van der Waals surface area contributed by atoms with E-state index in [4.69, 9.17) is 14.2 Å². The summed E-state index contributed by atoms with van der Waals surface area (Å²) in [7, 11) is 3.13. The van der Waals surface area contributed by atoms with Gasteiger partial charge >= 0.3 is 0 Å². The fourth-order valence-corrected chi connectivity index (χ4v) is 2.85. The molecule has 18 heavy (non-hydrogen) atoms. The normalized spacial score (nSPS) is 29.0. The summed E-state index contributed by atoms with van der Waals surface area (Å²) in [6.07, 6.45) is 0. The third-order valence-corrected chi connectivity index (χ3v) is 3.79. The van der Waals surface area contributed by atoms with Crippen LogP contribution >= 0.6 is 0 Å². The number of fused-ring (bicyclic) bond motifs is 1. The fraction of sp³-hybridized carbons (Fsp3) is 0.462. The van der Waals surface area contributed by atoms with Crippen molar-refractivity contribution < 1.29 is 19.0 Å². The minimum Gasteiger partial charge on any atom is -0.347 e. The zero-order chi connectivity index (χ0) is 12.8. The molecule has 2 saturated heterocycles. The van der Waals surface area contributed by atoms with Gasteiger partial charge in [-0.3, -0.25) is 9.69 Å². The average molecular weight is 249 g/mol. The van der Waals surface area contributed by atoms with E-state index < -0.39 is 11.5 Å². The Hall–Kier alpha value is -1.43. The lowest BCUT2D eigenvalue weighted by molar-refractivity contribution is -0.404. The van der Waals surface area contributed by atoms with Gasteiger partial charge in [0, 0.05) is 19.8 Å². The Morgan fingerprint density at radius 1 is 1.22 bits per heavy atom.